The molecule has 9 nitrogen and oxygen atoms in total. The molecule has 10 heteroatoms. The molecule has 55 heavy (non-hydrogen) atoms. The third-order valence-corrected chi connectivity index (χ3v) is 10.3. The Morgan fingerprint density at radius 1 is 0.745 bits per heavy atom. The van der Waals surface area contributed by atoms with Crippen molar-refractivity contribution in [2.24, 2.45) is 10.9 Å². The molecule has 0 radical (unpaired) electrons. The fraction of sp³-hybridized carbons (Fsp3) is 0.422. The van der Waals surface area contributed by atoms with Crippen LogP contribution in [0, 0.1) is 5.92 Å². The molecule has 0 saturated heterocycles. The summed E-state index contributed by atoms with van der Waals surface area (Å²) in [6.45, 7) is 12.7. The van der Waals surface area contributed by atoms with Crippen LogP contribution in [-0.2, 0) is 30.2 Å². The van der Waals surface area contributed by atoms with Crippen LogP contribution in [0.15, 0.2) is 95.0 Å². The number of carbonyl (C=O) groups excluding carboxylic acids is 1. The summed E-state index contributed by atoms with van der Waals surface area (Å²) in [7, 11) is 3.34. The summed E-state index contributed by atoms with van der Waals surface area (Å²) in [5.74, 6) is 1.80. The van der Waals surface area contributed by atoms with Crippen LogP contribution in [-0.4, -0.2) is 91.0 Å². The lowest BCUT2D eigenvalue weighted by Crippen LogP contribution is -2.31. The van der Waals surface area contributed by atoms with Gasteiger partial charge in [0.1, 0.15) is 11.5 Å². The van der Waals surface area contributed by atoms with Gasteiger partial charge in [-0.3, -0.25) is 4.79 Å². The van der Waals surface area contributed by atoms with Crippen molar-refractivity contribution >= 4 is 45.8 Å². The summed E-state index contributed by atoms with van der Waals surface area (Å²) in [6, 6.07) is 20.7. The number of aliphatic imine (C=N–C) groups is 1. The average Bonchev–Trinajstić information content (AvgIpc) is 3.20. The minimum absolute atomic E-state index is 0.0203. The number of ketones is 1. The van der Waals surface area contributed by atoms with Crippen molar-refractivity contribution in [2.75, 3.05) is 89.8 Å². The van der Waals surface area contributed by atoms with Gasteiger partial charge in [-0.15, -0.1) is 0 Å². The topological polar surface area (TPSA) is 82.1 Å². The number of methoxy groups -OCH3 is 2. The molecule has 0 aromatic heterocycles. The quantitative estimate of drug-likeness (QED) is 0.0337. The molecule has 0 saturated carbocycles. The molecule has 0 bridgehead atoms. The number of anilines is 2. The van der Waals surface area contributed by atoms with E-state index >= 15 is 0 Å². The summed E-state index contributed by atoms with van der Waals surface area (Å²) < 4.78 is 28.9. The van der Waals surface area contributed by atoms with Crippen LogP contribution in [0.25, 0.3) is 5.57 Å². The van der Waals surface area contributed by atoms with Gasteiger partial charge in [0.05, 0.1) is 50.5 Å². The third kappa shape index (κ3) is 11.1. The molecule has 292 valence electrons. The third-order valence-electron chi connectivity index (χ3n) is 10.2. The highest BCUT2D eigenvalue weighted by Crippen LogP contribution is 2.48. The first-order chi connectivity index (χ1) is 26.9. The van der Waals surface area contributed by atoms with E-state index < -0.39 is 0 Å². The lowest BCUT2D eigenvalue weighted by atomic mass is 9.83. The standard InChI is InChI=1S/C45H55N3O6S/c1-6-34(7-2)35-11-16-39(42(49)29-35)45-40-17-14-37(47(8-3)20-19-33-9-12-36(13-10-33)46-32-55)30-43(40)54-44-31-38(15-18-41(44)45)48(21-23-52-27-25-50-4)22-24-53-28-26-51-5/h9-18,29-31,34H,6-8,19-28H2,1-5H3. The van der Waals surface area contributed by atoms with Gasteiger partial charge in [0.2, 0.25) is 0 Å². The number of nitrogens with zero attached hydrogens (tertiary/aromatic N) is 3. The second-order valence-corrected chi connectivity index (χ2v) is 13.7. The van der Waals surface area contributed by atoms with E-state index in [2.05, 4.69) is 95.3 Å². The van der Waals surface area contributed by atoms with Gasteiger partial charge in [0.15, 0.2) is 5.78 Å². The van der Waals surface area contributed by atoms with Crippen LogP contribution < -0.4 is 14.5 Å². The van der Waals surface area contributed by atoms with E-state index in [4.69, 9.17) is 35.9 Å². The molecule has 3 aromatic rings. The number of hydrogen-bond acceptors (Lipinski definition) is 10. The van der Waals surface area contributed by atoms with Crippen LogP contribution in [0.4, 0.5) is 17.1 Å². The van der Waals surface area contributed by atoms with Crippen LogP contribution >= 0.6 is 12.2 Å². The zero-order valence-corrected chi connectivity index (χ0v) is 33.8. The Kier molecular flexibility index (Phi) is 16.4. The summed E-state index contributed by atoms with van der Waals surface area (Å²) in [5, 5.41) is 2.43. The molecule has 0 N–H and O–H groups in total. The predicted molar refractivity (Wildman–Crippen MR) is 226 cm³/mol. The van der Waals surface area contributed by atoms with Crippen molar-refractivity contribution in [1.82, 2.24) is 0 Å². The highest BCUT2D eigenvalue weighted by molar-refractivity contribution is 7.78. The smallest absolute Gasteiger partial charge is 0.186 e. The Hall–Kier alpha value is -4.41. The number of carbonyl (C=O) groups is 1. The van der Waals surface area contributed by atoms with Crippen LogP contribution in [0.2, 0.25) is 0 Å². The van der Waals surface area contributed by atoms with Crippen molar-refractivity contribution in [3.63, 3.8) is 0 Å². The molecular formula is C45H55N3O6S. The molecule has 1 heterocycles. The Labute approximate surface area is 332 Å². The summed E-state index contributed by atoms with van der Waals surface area (Å²) in [5.41, 5.74) is 8.48. The minimum atomic E-state index is 0.0203. The van der Waals surface area contributed by atoms with Gasteiger partial charge < -0.3 is 33.5 Å². The van der Waals surface area contributed by atoms with Gasteiger partial charge in [0.25, 0.3) is 0 Å². The number of thiocarbonyl (C=S) groups is 1. The van der Waals surface area contributed by atoms with Crippen LogP contribution in [0.1, 0.15) is 50.3 Å². The summed E-state index contributed by atoms with van der Waals surface area (Å²) in [4.78, 5) is 22.7. The van der Waals surface area contributed by atoms with E-state index in [-0.39, 0.29) is 5.78 Å². The maximum Gasteiger partial charge on any atom is 0.186 e. The number of fused-ring (bicyclic) bond motifs is 2. The van der Waals surface area contributed by atoms with Gasteiger partial charge >= 0.3 is 0 Å². The molecule has 5 rings (SSSR count). The second-order valence-electron chi connectivity index (χ2n) is 13.5. The van der Waals surface area contributed by atoms with Gasteiger partial charge in [-0.05, 0) is 97.9 Å². The number of ether oxygens (including phenoxy) is 5. The normalized spacial score (nSPS) is 14.6. The molecule has 1 aliphatic heterocycles. The van der Waals surface area contributed by atoms with Gasteiger partial charge in [-0.25, -0.2) is 0 Å². The number of hydrogen-bond donors (Lipinski definition) is 0. The first kappa shape index (κ1) is 41.7. The predicted octanol–water partition coefficient (Wildman–Crippen LogP) is 9.03. The molecule has 0 unspecified atom stereocenters. The maximum absolute atomic E-state index is 14.0. The van der Waals surface area contributed by atoms with Gasteiger partial charge in [-0.2, -0.15) is 4.99 Å². The Bertz CT molecular complexity index is 1860. The highest BCUT2D eigenvalue weighted by Gasteiger charge is 2.29. The van der Waals surface area contributed by atoms with Crippen LogP contribution in [0.3, 0.4) is 0 Å². The van der Waals surface area contributed by atoms with Crippen molar-refractivity contribution in [3.05, 3.63) is 107 Å². The maximum atomic E-state index is 14.0. The van der Waals surface area contributed by atoms with E-state index in [1.165, 1.54) is 5.56 Å². The van der Waals surface area contributed by atoms with E-state index in [1.807, 2.05) is 24.3 Å². The SMILES string of the molecule is CCC(CC)C1=CC(=O)C(=C2c3ccc(N(CC)CCc4ccc(N=C=S)cc4)cc3Oc3cc(N(CCOCCOC)CCOCCOC)ccc32)C=C1. The molecule has 2 aliphatic rings. The first-order valence-corrected chi connectivity index (χ1v) is 19.8. The zero-order chi connectivity index (χ0) is 39.0. The van der Waals surface area contributed by atoms with E-state index in [1.54, 1.807) is 14.2 Å². The Balaban J connectivity index is 1.50. The zero-order valence-electron chi connectivity index (χ0n) is 33.0. The van der Waals surface area contributed by atoms with E-state index in [0.29, 0.717) is 70.0 Å². The number of rotatable bonds is 22. The molecular weight excluding hydrogens is 711 g/mol. The number of isothiocyanates is 1. The lowest BCUT2D eigenvalue weighted by Gasteiger charge is -2.30. The number of likely N-dealkylation sites (N-methyl/N-ethyl adjacent to an activating group) is 1. The lowest BCUT2D eigenvalue weighted by molar-refractivity contribution is -0.111. The van der Waals surface area contributed by atoms with Crippen LogP contribution in [0.5, 0.6) is 11.5 Å². The second kappa shape index (κ2) is 21.6. The van der Waals surface area contributed by atoms with Crippen molar-refractivity contribution in [3.8, 4) is 11.5 Å². The molecule has 0 atom stereocenters. The fourth-order valence-corrected chi connectivity index (χ4v) is 7.15. The molecule has 0 amide bonds. The average molecular weight is 766 g/mol. The number of benzene rings is 3. The number of allylic oxidation sites excluding steroid dienone is 5. The molecule has 0 fully saturated rings. The van der Waals surface area contributed by atoms with Gasteiger partial charge in [0, 0.05) is 86.2 Å². The Morgan fingerprint density at radius 2 is 1.35 bits per heavy atom. The highest BCUT2D eigenvalue weighted by atomic mass is 32.1. The summed E-state index contributed by atoms with van der Waals surface area (Å²) >= 11 is 4.75. The Morgan fingerprint density at radius 3 is 1.87 bits per heavy atom. The fourth-order valence-electron chi connectivity index (χ4n) is 7.04. The van der Waals surface area contributed by atoms with E-state index in [9.17, 15) is 4.79 Å². The van der Waals surface area contributed by atoms with Gasteiger partial charge in [-0.1, -0.05) is 38.1 Å². The molecule has 1 aliphatic carbocycles. The summed E-state index contributed by atoms with van der Waals surface area (Å²) in [6.07, 6.45) is 8.81. The first-order valence-electron chi connectivity index (χ1n) is 19.4. The molecule has 0 spiro atoms. The largest absolute Gasteiger partial charge is 0.456 e. The van der Waals surface area contributed by atoms with E-state index in [0.717, 1.165) is 77.4 Å². The minimum Gasteiger partial charge on any atom is -0.456 e. The van der Waals surface area contributed by atoms with Crippen molar-refractivity contribution < 1.29 is 28.5 Å². The van der Waals surface area contributed by atoms with Crippen molar-refractivity contribution in [1.29, 1.82) is 0 Å². The van der Waals surface area contributed by atoms with Crippen molar-refractivity contribution in [2.45, 2.75) is 40.0 Å². The molecule has 3 aromatic carbocycles. The monoisotopic (exact) mass is 765 g/mol.